The van der Waals surface area contributed by atoms with E-state index in [1.54, 1.807) is 21.1 Å². The topological polar surface area (TPSA) is 93.3 Å². The lowest BCUT2D eigenvalue weighted by Gasteiger charge is -2.38. The average Bonchev–Trinajstić information content (AvgIpc) is 3.55. The summed E-state index contributed by atoms with van der Waals surface area (Å²) < 4.78 is 39.0. The van der Waals surface area contributed by atoms with Crippen molar-refractivity contribution in [2.24, 2.45) is 0 Å². The van der Waals surface area contributed by atoms with Crippen molar-refractivity contribution in [3.05, 3.63) is 47.9 Å². The van der Waals surface area contributed by atoms with E-state index in [1.165, 1.54) is 11.2 Å². The third-order valence-corrected chi connectivity index (χ3v) is 7.68. The van der Waals surface area contributed by atoms with Gasteiger partial charge in [0.15, 0.2) is 0 Å². The van der Waals surface area contributed by atoms with Crippen molar-refractivity contribution in [3.8, 4) is 0 Å². The average molecular weight is 543 g/mol. The molecule has 0 saturated carbocycles. The molecule has 9 nitrogen and oxygen atoms in total. The minimum absolute atomic E-state index is 0.126. The molecule has 0 radical (unpaired) electrons. The molecule has 0 aliphatic carbocycles. The zero-order chi connectivity index (χ0) is 26.3. The first kappa shape index (κ1) is 24.6. The van der Waals surface area contributed by atoms with E-state index >= 15 is 0 Å². The van der Waals surface area contributed by atoms with Gasteiger partial charge >= 0.3 is 12.2 Å². The van der Waals surface area contributed by atoms with Gasteiger partial charge in [-0.3, -0.25) is 4.90 Å². The number of halogens is 3. The number of piperazine rings is 1. The molecule has 38 heavy (non-hydrogen) atoms. The number of nitrogens with one attached hydrogen (secondary N) is 2. The first-order valence-corrected chi connectivity index (χ1v) is 13.2. The van der Waals surface area contributed by atoms with Crippen LogP contribution in [-0.4, -0.2) is 92.7 Å². The molecule has 2 amide bonds. The number of rotatable bonds is 4. The highest BCUT2D eigenvalue weighted by molar-refractivity contribution is 7.16. The number of urea groups is 1. The lowest BCUT2D eigenvalue weighted by atomic mass is 10.0. The predicted octanol–water partition coefficient (Wildman–Crippen LogP) is 4.70. The van der Waals surface area contributed by atoms with E-state index in [9.17, 15) is 18.0 Å². The summed E-state index contributed by atoms with van der Waals surface area (Å²) in [6, 6.07) is 7.87. The van der Waals surface area contributed by atoms with Crippen LogP contribution < -0.4 is 5.32 Å². The lowest BCUT2D eigenvalue weighted by molar-refractivity contribution is -0.148. The zero-order valence-electron chi connectivity index (χ0n) is 20.3. The molecule has 3 aromatic heterocycles. The standard InChI is InChI=1S/C25H25F3N8OS/c26-25(27,28)13-34-7-9-36(10-8-34)24(37)35-5-3-16(4-6-35)20-12-18-22(29-14-30-23(18)33-20)32-17-1-2-19-21(11-17)38-15-31-19/h1-3,11-12,14-15H,4-10,13H2,(H2,29,30,32,33). The van der Waals surface area contributed by atoms with Crippen molar-refractivity contribution in [1.82, 2.24) is 34.6 Å². The molecule has 1 aromatic carbocycles. The van der Waals surface area contributed by atoms with E-state index in [0.717, 1.165) is 32.6 Å². The maximum Gasteiger partial charge on any atom is 0.401 e. The number of hydrogen-bond donors (Lipinski definition) is 2. The van der Waals surface area contributed by atoms with Crippen molar-refractivity contribution < 1.29 is 18.0 Å². The smallest absolute Gasteiger partial charge is 0.340 e. The predicted molar refractivity (Wildman–Crippen MR) is 140 cm³/mol. The van der Waals surface area contributed by atoms with Crippen LogP contribution in [0.3, 0.4) is 0 Å². The van der Waals surface area contributed by atoms with Crippen molar-refractivity contribution in [1.29, 1.82) is 0 Å². The molecule has 2 N–H and O–H groups in total. The maximum atomic E-state index is 13.0. The quantitative estimate of drug-likeness (QED) is 0.388. The molecule has 6 rings (SSSR count). The number of hydrogen-bond acceptors (Lipinski definition) is 7. The number of thiazole rings is 1. The number of fused-ring (bicyclic) bond motifs is 2. The molecule has 0 atom stereocenters. The van der Waals surface area contributed by atoms with E-state index in [1.807, 2.05) is 35.9 Å². The molecule has 1 saturated heterocycles. The molecule has 0 bridgehead atoms. The van der Waals surface area contributed by atoms with E-state index < -0.39 is 12.7 Å². The monoisotopic (exact) mass is 542 g/mol. The van der Waals surface area contributed by atoms with Gasteiger partial charge in [0, 0.05) is 50.6 Å². The van der Waals surface area contributed by atoms with Gasteiger partial charge in [-0.25, -0.2) is 19.7 Å². The highest BCUT2D eigenvalue weighted by Crippen LogP contribution is 2.30. The Bertz CT molecular complexity index is 1510. The van der Waals surface area contributed by atoms with Crippen LogP contribution in [0.4, 0.5) is 29.5 Å². The van der Waals surface area contributed by atoms with Gasteiger partial charge in [0.2, 0.25) is 0 Å². The zero-order valence-corrected chi connectivity index (χ0v) is 21.1. The van der Waals surface area contributed by atoms with Crippen molar-refractivity contribution in [3.63, 3.8) is 0 Å². The van der Waals surface area contributed by atoms with Crippen LogP contribution in [0, 0.1) is 0 Å². The molecule has 198 valence electrons. The van der Waals surface area contributed by atoms with Gasteiger partial charge in [-0.2, -0.15) is 13.2 Å². The van der Waals surface area contributed by atoms with Crippen LogP contribution in [0.2, 0.25) is 0 Å². The van der Waals surface area contributed by atoms with E-state index in [-0.39, 0.29) is 19.1 Å². The van der Waals surface area contributed by atoms with Crippen LogP contribution in [0.25, 0.3) is 26.8 Å². The molecule has 2 aliphatic rings. The summed E-state index contributed by atoms with van der Waals surface area (Å²) in [5.74, 6) is 0.694. The molecule has 1 fully saturated rings. The fourth-order valence-electron chi connectivity index (χ4n) is 4.92. The summed E-state index contributed by atoms with van der Waals surface area (Å²) in [5, 5.41) is 4.25. The Labute approximate surface area is 220 Å². The van der Waals surface area contributed by atoms with Gasteiger partial charge in [0.1, 0.15) is 17.8 Å². The van der Waals surface area contributed by atoms with Gasteiger partial charge in [-0.05, 0) is 36.3 Å². The second-order valence-electron chi connectivity index (χ2n) is 9.41. The van der Waals surface area contributed by atoms with Crippen LogP contribution in [0.15, 0.2) is 42.2 Å². The number of anilines is 2. The molecule has 5 heterocycles. The fraction of sp³-hybridized carbons (Fsp3) is 0.360. The van der Waals surface area contributed by atoms with Gasteiger partial charge in [0.05, 0.1) is 27.7 Å². The van der Waals surface area contributed by atoms with Crippen molar-refractivity contribution in [2.45, 2.75) is 12.6 Å². The second kappa shape index (κ2) is 9.87. The van der Waals surface area contributed by atoms with Gasteiger partial charge in [-0.15, -0.1) is 11.3 Å². The summed E-state index contributed by atoms with van der Waals surface area (Å²) in [5.41, 5.74) is 6.41. The number of carbonyl (C=O) groups is 1. The molecular formula is C25H25F3N8OS. The third-order valence-electron chi connectivity index (χ3n) is 6.89. The minimum atomic E-state index is -4.22. The summed E-state index contributed by atoms with van der Waals surface area (Å²) in [7, 11) is 0. The fourth-order valence-corrected chi connectivity index (χ4v) is 5.64. The van der Waals surface area contributed by atoms with Crippen LogP contribution in [0.5, 0.6) is 0 Å². The normalized spacial score (nSPS) is 17.3. The molecule has 4 aromatic rings. The van der Waals surface area contributed by atoms with E-state index in [0.29, 0.717) is 44.1 Å². The summed E-state index contributed by atoms with van der Waals surface area (Å²) >= 11 is 1.58. The highest BCUT2D eigenvalue weighted by atomic mass is 32.1. The van der Waals surface area contributed by atoms with Crippen molar-refractivity contribution >= 4 is 55.7 Å². The Hall–Kier alpha value is -3.71. The number of nitrogens with zero attached hydrogens (tertiary/aromatic N) is 6. The van der Waals surface area contributed by atoms with Crippen LogP contribution in [-0.2, 0) is 0 Å². The number of benzene rings is 1. The Morgan fingerprint density at radius 2 is 1.89 bits per heavy atom. The summed E-state index contributed by atoms with van der Waals surface area (Å²) in [4.78, 5) is 34.2. The van der Waals surface area contributed by atoms with E-state index in [4.69, 9.17) is 0 Å². The number of H-pyrrole nitrogens is 1. The number of alkyl halides is 3. The second-order valence-corrected chi connectivity index (χ2v) is 10.3. The van der Waals surface area contributed by atoms with Crippen LogP contribution in [0.1, 0.15) is 12.1 Å². The summed E-state index contributed by atoms with van der Waals surface area (Å²) in [6.07, 6.45) is -0.0310. The Morgan fingerprint density at radius 3 is 2.66 bits per heavy atom. The maximum absolute atomic E-state index is 13.0. The van der Waals surface area contributed by atoms with E-state index in [2.05, 4.69) is 25.3 Å². The van der Waals surface area contributed by atoms with Gasteiger partial charge in [0.25, 0.3) is 0 Å². The molecule has 0 spiro atoms. The lowest BCUT2D eigenvalue weighted by Crippen LogP contribution is -2.54. The third kappa shape index (κ3) is 5.16. The largest absolute Gasteiger partial charge is 0.401 e. The van der Waals surface area contributed by atoms with Crippen molar-refractivity contribution in [2.75, 3.05) is 51.1 Å². The Morgan fingerprint density at radius 1 is 1.05 bits per heavy atom. The number of carbonyl (C=O) groups excluding carboxylic acids is 1. The van der Waals surface area contributed by atoms with Crippen LogP contribution >= 0.6 is 11.3 Å². The van der Waals surface area contributed by atoms with Gasteiger partial charge < -0.3 is 20.1 Å². The molecule has 0 unspecified atom stereocenters. The summed E-state index contributed by atoms with van der Waals surface area (Å²) in [6.45, 7) is 1.10. The molecular weight excluding hydrogens is 517 g/mol. The molecule has 2 aliphatic heterocycles. The number of amides is 2. The Balaban J connectivity index is 1.12. The Kier molecular flexibility index (Phi) is 6.40. The number of aromatic amines is 1. The minimum Gasteiger partial charge on any atom is -0.340 e. The molecule has 13 heteroatoms. The van der Waals surface area contributed by atoms with Gasteiger partial charge in [-0.1, -0.05) is 6.08 Å². The number of aromatic nitrogens is 4. The first-order valence-electron chi connectivity index (χ1n) is 12.3. The first-order chi connectivity index (χ1) is 18.3. The highest BCUT2D eigenvalue weighted by Gasteiger charge is 2.33. The SMILES string of the molecule is O=C(N1CC=C(c2cc3c(Nc4ccc5ncsc5c4)ncnc3[nH]2)CC1)N1CCN(CC(F)(F)F)CC1.